The number of hydrogen-bond acceptors (Lipinski definition) is 1. The maximum Gasteiger partial charge on any atom is 0.0133 e. The fourth-order valence-corrected chi connectivity index (χ4v) is 3.77. The van der Waals surface area contributed by atoms with E-state index in [0.29, 0.717) is 0 Å². The van der Waals surface area contributed by atoms with Crippen LogP contribution in [-0.2, 0) is 12.8 Å². The van der Waals surface area contributed by atoms with Gasteiger partial charge in [0.25, 0.3) is 0 Å². The van der Waals surface area contributed by atoms with Gasteiger partial charge in [0.1, 0.15) is 0 Å². The Morgan fingerprint density at radius 1 is 1.05 bits per heavy atom. The van der Waals surface area contributed by atoms with Crippen LogP contribution in [0.25, 0.3) is 5.57 Å². The Morgan fingerprint density at radius 3 is 2.71 bits per heavy atom. The summed E-state index contributed by atoms with van der Waals surface area (Å²) in [5.74, 6) is 0. The third-order valence-corrected chi connectivity index (χ3v) is 5.08. The normalized spacial score (nSPS) is 22.0. The van der Waals surface area contributed by atoms with Crippen LogP contribution in [0.1, 0.15) is 55.2 Å². The zero-order valence-electron chi connectivity index (χ0n) is 13.4. The molecule has 3 rings (SSSR count). The van der Waals surface area contributed by atoms with Crippen LogP contribution in [0.3, 0.4) is 0 Å². The van der Waals surface area contributed by atoms with Gasteiger partial charge >= 0.3 is 0 Å². The van der Waals surface area contributed by atoms with Crippen LogP contribution in [0.4, 0.5) is 0 Å². The zero-order valence-corrected chi connectivity index (χ0v) is 14.2. The van der Waals surface area contributed by atoms with Gasteiger partial charge in [0.05, 0.1) is 0 Å². The lowest BCUT2D eigenvalue weighted by molar-refractivity contribution is 0.268. The van der Waals surface area contributed by atoms with Crippen molar-refractivity contribution in [2.45, 2.75) is 57.4 Å². The maximum atomic E-state index is 2.52. The molecule has 2 aliphatic carbocycles. The zero-order chi connectivity index (χ0) is 13.9. The summed E-state index contributed by atoms with van der Waals surface area (Å²) in [6, 6.07) is 7.71. The van der Waals surface area contributed by atoms with E-state index in [-0.39, 0.29) is 12.4 Å². The summed E-state index contributed by atoms with van der Waals surface area (Å²) in [5, 5.41) is 0. The minimum absolute atomic E-state index is 0. The first-order valence-electron chi connectivity index (χ1n) is 8.22. The Morgan fingerprint density at radius 2 is 1.90 bits per heavy atom. The Bertz CT molecular complexity index is 504. The van der Waals surface area contributed by atoms with Gasteiger partial charge in [-0.15, -0.1) is 12.4 Å². The molecule has 1 aromatic carbocycles. The SMILES string of the molecule is CN(C)[C@@H]1CCc2cccc(C3=CCCCCC3)c2C1.Cl. The number of benzene rings is 1. The summed E-state index contributed by atoms with van der Waals surface area (Å²) in [5.41, 5.74) is 6.44. The second kappa shape index (κ2) is 7.47. The van der Waals surface area contributed by atoms with E-state index in [1.807, 2.05) is 0 Å². The van der Waals surface area contributed by atoms with Crippen molar-refractivity contribution in [1.82, 2.24) is 4.90 Å². The molecule has 2 aliphatic rings. The molecular weight excluding hydrogens is 278 g/mol. The monoisotopic (exact) mass is 305 g/mol. The van der Waals surface area contributed by atoms with Crippen LogP contribution < -0.4 is 0 Å². The van der Waals surface area contributed by atoms with E-state index in [1.165, 1.54) is 51.4 Å². The number of aryl methyl sites for hydroxylation is 1. The van der Waals surface area contributed by atoms with Crippen molar-refractivity contribution < 1.29 is 0 Å². The molecule has 0 fully saturated rings. The average molecular weight is 306 g/mol. The van der Waals surface area contributed by atoms with Crippen molar-refractivity contribution in [1.29, 1.82) is 0 Å². The van der Waals surface area contributed by atoms with Crippen molar-refractivity contribution in [2.75, 3.05) is 14.1 Å². The molecule has 116 valence electrons. The molecule has 0 aromatic heterocycles. The highest BCUT2D eigenvalue weighted by atomic mass is 35.5. The largest absolute Gasteiger partial charge is 0.306 e. The van der Waals surface area contributed by atoms with Gasteiger partial charge in [-0.25, -0.2) is 0 Å². The summed E-state index contributed by atoms with van der Waals surface area (Å²) in [6.45, 7) is 0. The summed E-state index contributed by atoms with van der Waals surface area (Å²) in [6.07, 6.45) is 13.0. The second-order valence-electron chi connectivity index (χ2n) is 6.63. The molecule has 21 heavy (non-hydrogen) atoms. The van der Waals surface area contributed by atoms with Crippen molar-refractivity contribution >= 4 is 18.0 Å². The predicted molar refractivity (Wildman–Crippen MR) is 94.3 cm³/mol. The van der Waals surface area contributed by atoms with E-state index in [9.17, 15) is 0 Å². The summed E-state index contributed by atoms with van der Waals surface area (Å²) in [7, 11) is 4.45. The minimum Gasteiger partial charge on any atom is -0.306 e. The van der Waals surface area contributed by atoms with Gasteiger partial charge in [0, 0.05) is 6.04 Å². The van der Waals surface area contributed by atoms with Gasteiger partial charge < -0.3 is 4.90 Å². The number of halogens is 1. The van der Waals surface area contributed by atoms with Gasteiger partial charge in [-0.3, -0.25) is 0 Å². The molecule has 2 heteroatoms. The Labute approximate surface area is 135 Å². The van der Waals surface area contributed by atoms with E-state index in [2.05, 4.69) is 43.3 Å². The van der Waals surface area contributed by atoms with Crippen molar-refractivity contribution in [3.8, 4) is 0 Å². The van der Waals surface area contributed by atoms with Gasteiger partial charge in [-0.2, -0.15) is 0 Å². The van der Waals surface area contributed by atoms with E-state index in [1.54, 1.807) is 22.3 Å². The summed E-state index contributed by atoms with van der Waals surface area (Å²) in [4.78, 5) is 2.40. The predicted octanol–water partition coefficient (Wildman–Crippen LogP) is 4.87. The quantitative estimate of drug-likeness (QED) is 0.753. The Kier molecular flexibility index (Phi) is 5.89. The lowest BCUT2D eigenvalue weighted by Crippen LogP contribution is -2.33. The highest BCUT2D eigenvalue weighted by molar-refractivity contribution is 5.85. The fourth-order valence-electron chi connectivity index (χ4n) is 3.77. The molecule has 0 radical (unpaired) electrons. The minimum atomic E-state index is 0. The first-order valence-corrected chi connectivity index (χ1v) is 8.22. The molecule has 0 aliphatic heterocycles. The average Bonchev–Trinajstić information content (AvgIpc) is 2.75. The number of nitrogens with zero attached hydrogens (tertiary/aromatic N) is 1. The van der Waals surface area contributed by atoms with Crippen LogP contribution in [0.2, 0.25) is 0 Å². The lowest BCUT2D eigenvalue weighted by atomic mass is 9.82. The highest BCUT2D eigenvalue weighted by Gasteiger charge is 2.23. The first kappa shape index (κ1) is 16.6. The van der Waals surface area contributed by atoms with Gasteiger partial charge in [0.15, 0.2) is 0 Å². The Hall–Kier alpha value is -0.790. The first-order chi connectivity index (χ1) is 9.75. The molecule has 1 aromatic rings. The number of rotatable bonds is 2. The van der Waals surface area contributed by atoms with E-state index >= 15 is 0 Å². The molecule has 0 bridgehead atoms. The molecule has 0 unspecified atom stereocenters. The van der Waals surface area contributed by atoms with Crippen molar-refractivity contribution in [3.63, 3.8) is 0 Å². The lowest BCUT2D eigenvalue weighted by Gasteiger charge is -2.31. The van der Waals surface area contributed by atoms with E-state index < -0.39 is 0 Å². The standard InChI is InChI=1S/C19H27N.ClH/c1-20(2)17-13-12-16-10-7-11-18(19(16)14-17)15-8-5-3-4-6-9-15;/h7-8,10-11,17H,3-6,9,12-14H2,1-2H3;1H/t17-;/m1./s1. The van der Waals surface area contributed by atoms with Crippen molar-refractivity contribution in [3.05, 3.63) is 41.0 Å². The number of hydrogen-bond donors (Lipinski definition) is 0. The van der Waals surface area contributed by atoms with Crippen LogP contribution in [0, 0.1) is 0 Å². The highest BCUT2D eigenvalue weighted by Crippen LogP contribution is 2.34. The number of allylic oxidation sites excluding steroid dienone is 2. The van der Waals surface area contributed by atoms with Crippen LogP contribution in [-0.4, -0.2) is 25.0 Å². The maximum absolute atomic E-state index is 2.52. The molecule has 0 amide bonds. The van der Waals surface area contributed by atoms with Crippen LogP contribution >= 0.6 is 12.4 Å². The third-order valence-electron chi connectivity index (χ3n) is 5.08. The molecule has 1 nitrogen and oxygen atoms in total. The molecule has 1 atom stereocenters. The summed E-state index contributed by atoms with van der Waals surface area (Å²) >= 11 is 0. The number of likely N-dealkylation sites (N-methyl/N-ethyl adjacent to an activating group) is 1. The third kappa shape index (κ3) is 3.70. The molecule has 0 saturated carbocycles. The number of fused-ring (bicyclic) bond motifs is 1. The van der Waals surface area contributed by atoms with Crippen LogP contribution in [0.5, 0.6) is 0 Å². The molecule has 0 spiro atoms. The summed E-state index contributed by atoms with van der Waals surface area (Å²) < 4.78 is 0. The topological polar surface area (TPSA) is 3.24 Å². The van der Waals surface area contributed by atoms with E-state index in [4.69, 9.17) is 0 Å². The molecular formula is C19H28ClN. The fraction of sp³-hybridized carbons (Fsp3) is 0.579. The molecule has 0 N–H and O–H groups in total. The Balaban J connectivity index is 0.00000161. The molecule has 0 saturated heterocycles. The van der Waals surface area contributed by atoms with Gasteiger partial charge in [0.2, 0.25) is 0 Å². The molecule has 0 heterocycles. The van der Waals surface area contributed by atoms with Gasteiger partial charge in [-0.1, -0.05) is 30.7 Å². The second-order valence-corrected chi connectivity index (χ2v) is 6.63. The smallest absolute Gasteiger partial charge is 0.0133 e. The van der Waals surface area contributed by atoms with Crippen LogP contribution in [0.15, 0.2) is 24.3 Å². The van der Waals surface area contributed by atoms with Crippen molar-refractivity contribution in [2.24, 2.45) is 0 Å². The van der Waals surface area contributed by atoms with E-state index in [0.717, 1.165) is 6.04 Å². The van der Waals surface area contributed by atoms with Gasteiger partial charge in [-0.05, 0) is 81.3 Å².